The molecule has 2 N–H and O–H groups in total. The molecule has 0 spiro atoms. The van der Waals surface area contributed by atoms with Gasteiger partial charge in [-0.25, -0.2) is 0 Å². The fourth-order valence-corrected chi connectivity index (χ4v) is 4.60. The van der Waals surface area contributed by atoms with Crippen LogP contribution in [0.1, 0.15) is 49.3 Å². The highest BCUT2D eigenvalue weighted by Gasteiger charge is 2.24. The molecule has 0 bridgehead atoms. The lowest BCUT2D eigenvalue weighted by Crippen LogP contribution is -2.42. The molecular weight excluding hydrogens is 332 g/mol. The predicted octanol–water partition coefficient (Wildman–Crippen LogP) is 4.17. The molecule has 1 fully saturated rings. The number of likely N-dealkylation sites (tertiary alicyclic amines) is 1. The number of piperidine rings is 1. The maximum atomic E-state index is 12.5. The third-order valence-corrected chi connectivity index (χ3v) is 6.35. The fourth-order valence-electron chi connectivity index (χ4n) is 4.60. The van der Waals surface area contributed by atoms with Gasteiger partial charge in [-0.05, 0) is 72.8 Å². The normalized spacial score (nSPS) is 17.5. The molecule has 1 unspecified atom stereocenters. The quantitative estimate of drug-likeness (QED) is 0.740. The van der Waals surface area contributed by atoms with Crippen molar-refractivity contribution in [1.82, 2.24) is 4.90 Å². The Morgan fingerprint density at radius 1 is 1.11 bits per heavy atom. The van der Waals surface area contributed by atoms with E-state index in [0.29, 0.717) is 18.2 Å². The number of fused-ring (bicyclic) bond motifs is 3. The van der Waals surface area contributed by atoms with Crippen LogP contribution < -0.4 is 5.73 Å². The Hall–Kier alpha value is -2.13. The molecule has 2 aromatic carbocycles. The summed E-state index contributed by atoms with van der Waals surface area (Å²) in [5, 5.41) is 0. The second kappa shape index (κ2) is 7.85. The third-order valence-electron chi connectivity index (χ3n) is 6.35. The summed E-state index contributed by atoms with van der Waals surface area (Å²) >= 11 is 0. The monoisotopic (exact) mass is 362 g/mol. The predicted molar refractivity (Wildman–Crippen MR) is 111 cm³/mol. The summed E-state index contributed by atoms with van der Waals surface area (Å²) < 4.78 is 0. The average Bonchev–Trinajstić information content (AvgIpc) is 3.06. The summed E-state index contributed by atoms with van der Waals surface area (Å²) in [4.78, 5) is 14.5. The molecule has 1 saturated heterocycles. The first kappa shape index (κ1) is 18.2. The van der Waals surface area contributed by atoms with Crippen LogP contribution in [0.3, 0.4) is 0 Å². The summed E-state index contributed by atoms with van der Waals surface area (Å²) in [5.74, 6) is 0.882. The summed E-state index contributed by atoms with van der Waals surface area (Å²) in [6, 6.07) is 15.8. The van der Waals surface area contributed by atoms with Gasteiger partial charge in [-0.1, -0.05) is 42.5 Å². The van der Waals surface area contributed by atoms with Crippen molar-refractivity contribution in [2.75, 3.05) is 13.1 Å². The van der Waals surface area contributed by atoms with Crippen LogP contribution in [0.5, 0.6) is 0 Å². The zero-order valence-corrected chi connectivity index (χ0v) is 16.3. The zero-order chi connectivity index (χ0) is 18.8. The molecular formula is C24H30N2O. The van der Waals surface area contributed by atoms with E-state index in [2.05, 4.69) is 49.4 Å². The van der Waals surface area contributed by atoms with E-state index in [4.69, 9.17) is 5.73 Å². The number of aryl methyl sites for hydroxylation is 1. The van der Waals surface area contributed by atoms with Crippen LogP contribution in [0.25, 0.3) is 11.1 Å². The molecule has 1 amide bonds. The lowest BCUT2D eigenvalue weighted by atomic mass is 9.91. The van der Waals surface area contributed by atoms with E-state index in [9.17, 15) is 4.79 Å². The van der Waals surface area contributed by atoms with Crippen molar-refractivity contribution in [2.24, 2.45) is 11.7 Å². The molecule has 0 radical (unpaired) electrons. The number of carbonyl (C=O) groups excluding carboxylic acids is 1. The van der Waals surface area contributed by atoms with Crippen molar-refractivity contribution in [3.63, 3.8) is 0 Å². The van der Waals surface area contributed by atoms with Gasteiger partial charge in [0, 0.05) is 25.6 Å². The Morgan fingerprint density at radius 2 is 1.85 bits per heavy atom. The van der Waals surface area contributed by atoms with Crippen molar-refractivity contribution in [3.8, 4) is 11.1 Å². The Morgan fingerprint density at radius 3 is 2.63 bits per heavy atom. The molecule has 1 aliphatic heterocycles. The van der Waals surface area contributed by atoms with Gasteiger partial charge in [0.2, 0.25) is 5.91 Å². The Bertz CT molecular complexity index is 819. The summed E-state index contributed by atoms with van der Waals surface area (Å²) in [6.45, 7) is 3.83. The first-order valence-corrected chi connectivity index (χ1v) is 10.4. The molecule has 3 nitrogen and oxygen atoms in total. The maximum Gasteiger partial charge on any atom is 0.222 e. The van der Waals surface area contributed by atoms with Gasteiger partial charge in [0.1, 0.15) is 0 Å². The Balaban J connectivity index is 1.30. The summed E-state index contributed by atoms with van der Waals surface area (Å²) in [6.07, 6.45) is 5.68. The van der Waals surface area contributed by atoms with Crippen molar-refractivity contribution in [1.29, 1.82) is 0 Å². The van der Waals surface area contributed by atoms with Gasteiger partial charge in [-0.2, -0.15) is 0 Å². The highest BCUT2D eigenvalue weighted by molar-refractivity contribution is 5.77. The number of hydrogen-bond acceptors (Lipinski definition) is 2. The van der Waals surface area contributed by atoms with Crippen molar-refractivity contribution in [2.45, 2.75) is 51.5 Å². The second-order valence-corrected chi connectivity index (χ2v) is 8.26. The summed E-state index contributed by atoms with van der Waals surface area (Å²) in [5.41, 5.74) is 12.9. The smallest absolute Gasteiger partial charge is 0.222 e. The van der Waals surface area contributed by atoms with Crippen LogP contribution in [-0.2, 0) is 17.6 Å². The van der Waals surface area contributed by atoms with Crippen molar-refractivity contribution >= 4 is 5.91 Å². The molecule has 1 atom stereocenters. The minimum atomic E-state index is 0.243. The van der Waals surface area contributed by atoms with Gasteiger partial charge in [-0.15, -0.1) is 0 Å². The highest BCUT2D eigenvalue weighted by atomic mass is 16.2. The number of amides is 1. The number of rotatable bonds is 5. The van der Waals surface area contributed by atoms with E-state index in [1.807, 2.05) is 4.90 Å². The van der Waals surface area contributed by atoms with E-state index < -0.39 is 0 Å². The standard InChI is InChI=1S/C24H30N2O/c1-17(25)19-11-13-26(14-12-19)24(27)8-4-5-18-9-10-21-16-20-6-2-3-7-22(20)23(21)15-18/h2-3,6-7,9-10,15,17,19H,4-5,8,11-14,16,25H2,1H3. The minimum absolute atomic E-state index is 0.243. The van der Waals surface area contributed by atoms with Crippen LogP contribution >= 0.6 is 0 Å². The molecule has 1 aliphatic carbocycles. The first-order chi connectivity index (χ1) is 13.1. The molecule has 2 aliphatic rings. The van der Waals surface area contributed by atoms with Crippen LogP contribution in [0.2, 0.25) is 0 Å². The largest absolute Gasteiger partial charge is 0.343 e. The Labute approximate surface area is 162 Å². The Kier molecular flexibility index (Phi) is 5.31. The molecule has 0 aromatic heterocycles. The van der Waals surface area contributed by atoms with Gasteiger partial charge >= 0.3 is 0 Å². The molecule has 142 valence electrons. The number of nitrogens with zero attached hydrogens (tertiary/aromatic N) is 1. The van der Waals surface area contributed by atoms with Crippen LogP contribution in [0.4, 0.5) is 0 Å². The molecule has 0 saturated carbocycles. The molecule has 3 heteroatoms. The number of benzene rings is 2. The van der Waals surface area contributed by atoms with Crippen LogP contribution in [0, 0.1) is 5.92 Å². The van der Waals surface area contributed by atoms with Gasteiger partial charge < -0.3 is 10.6 Å². The third kappa shape index (κ3) is 3.93. The lowest BCUT2D eigenvalue weighted by Gasteiger charge is -2.33. The maximum absolute atomic E-state index is 12.5. The van der Waals surface area contributed by atoms with E-state index in [1.165, 1.54) is 27.8 Å². The summed E-state index contributed by atoms with van der Waals surface area (Å²) in [7, 11) is 0. The van der Waals surface area contributed by atoms with E-state index in [1.54, 1.807) is 0 Å². The van der Waals surface area contributed by atoms with Crippen molar-refractivity contribution < 1.29 is 4.79 Å². The zero-order valence-electron chi connectivity index (χ0n) is 16.3. The number of hydrogen-bond donors (Lipinski definition) is 1. The van der Waals surface area contributed by atoms with E-state index in [0.717, 1.165) is 45.2 Å². The first-order valence-electron chi connectivity index (χ1n) is 10.4. The molecule has 4 rings (SSSR count). The van der Waals surface area contributed by atoms with Crippen LogP contribution in [0.15, 0.2) is 42.5 Å². The number of carbonyl (C=O) groups is 1. The average molecular weight is 363 g/mol. The van der Waals surface area contributed by atoms with Crippen LogP contribution in [-0.4, -0.2) is 29.9 Å². The van der Waals surface area contributed by atoms with Gasteiger partial charge in [0.15, 0.2) is 0 Å². The van der Waals surface area contributed by atoms with Gasteiger partial charge in [-0.3, -0.25) is 4.79 Å². The SMILES string of the molecule is CC(N)C1CCN(C(=O)CCCc2ccc3c(c2)-c2ccccc2C3)CC1. The van der Waals surface area contributed by atoms with Crippen molar-refractivity contribution in [3.05, 3.63) is 59.2 Å². The fraction of sp³-hybridized carbons (Fsp3) is 0.458. The molecule has 1 heterocycles. The molecule has 27 heavy (non-hydrogen) atoms. The van der Waals surface area contributed by atoms with Gasteiger partial charge in [0.05, 0.1) is 0 Å². The topological polar surface area (TPSA) is 46.3 Å². The molecule has 2 aromatic rings. The lowest BCUT2D eigenvalue weighted by molar-refractivity contribution is -0.132. The minimum Gasteiger partial charge on any atom is -0.343 e. The van der Waals surface area contributed by atoms with Gasteiger partial charge in [0.25, 0.3) is 0 Å². The number of nitrogens with two attached hydrogens (primary N) is 1. The van der Waals surface area contributed by atoms with E-state index >= 15 is 0 Å². The second-order valence-electron chi connectivity index (χ2n) is 8.26. The van der Waals surface area contributed by atoms with E-state index in [-0.39, 0.29) is 6.04 Å². The highest BCUT2D eigenvalue weighted by Crippen LogP contribution is 2.37.